The number of nitrogens with one attached hydrogen (secondary N) is 2. The number of halogens is 2. The molecule has 1 amide bonds. The Bertz CT molecular complexity index is 544. The third-order valence-electron chi connectivity index (χ3n) is 4.37. The maximum Gasteiger partial charge on any atom is 0.251 e. The fourth-order valence-electron chi connectivity index (χ4n) is 2.78. The van der Waals surface area contributed by atoms with E-state index < -0.39 is 0 Å². The van der Waals surface area contributed by atoms with E-state index in [2.05, 4.69) is 54.5 Å². The Kier molecular flexibility index (Phi) is 11.8. The Morgan fingerprint density at radius 2 is 1.92 bits per heavy atom. The van der Waals surface area contributed by atoms with Gasteiger partial charge in [-0.05, 0) is 51.1 Å². The van der Waals surface area contributed by atoms with E-state index in [0.717, 1.165) is 38.2 Å². The van der Waals surface area contributed by atoms with Gasteiger partial charge in [0.2, 0.25) is 0 Å². The zero-order chi connectivity index (χ0) is 16.7. The monoisotopic (exact) mass is 387 g/mol. The first kappa shape index (κ1) is 23.9. The van der Waals surface area contributed by atoms with Gasteiger partial charge in [0, 0.05) is 31.2 Å². The number of hydrogen-bond donors (Lipinski definition) is 2. The van der Waals surface area contributed by atoms with E-state index in [1.807, 2.05) is 12.1 Å². The first-order valence-electron chi connectivity index (χ1n) is 8.60. The third-order valence-corrected chi connectivity index (χ3v) is 4.37. The van der Waals surface area contributed by atoms with E-state index in [4.69, 9.17) is 0 Å². The highest BCUT2D eigenvalue weighted by atomic mass is 35.5. The van der Waals surface area contributed by atoms with Crippen molar-refractivity contribution in [2.24, 2.45) is 0 Å². The van der Waals surface area contributed by atoms with Crippen LogP contribution in [0.1, 0.15) is 43.1 Å². The lowest BCUT2D eigenvalue weighted by Gasteiger charge is -2.24. The van der Waals surface area contributed by atoms with Gasteiger partial charge < -0.3 is 10.6 Å². The van der Waals surface area contributed by atoms with E-state index >= 15 is 0 Å². The summed E-state index contributed by atoms with van der Waals surface area (Å²) in [6.07, 6.45) is 3.18. The van der Waals surface area contributed by atoms with Crippen LogP contribution in [0.15, 0.2) is 35.9 Å². The molecule has 25 heavy (non-hydrogen) atoms. The molecule has 0 aliphatic carbocycles. The first-order valence-corrected chi connectivity index (χ1v) is 8.60. The smallest absolute Gasteiger partial charge is 0.251 e. The third kappa shape index (κ3) is 7.78. The van der Waals surface area contributed by atoms with Crippen LogP contribution in [0.4, 0.5) is 0 Å². The summed E-state index contributed by atoms with van der Waals surface area (Å²) in [5, 5.41) is 6.29. The second-order valence-corrected chi connectivity index (χ2v) is 6.35. The number of hydrogen-bond acceptors (Lipinski definition) is 3. The number of benzene rings is 1. The molecule has 0 saturated heterocycles. The maximum absolute atomic E-state index is 12.2. The van der Waals surface area contributed by atoms with Crippen LogP contribution < -0.4 is 10.6 Å². The number of carbonyl (C=O) groups excluding carboxylic acids is 1. The molecule has 0 bridgehead atoms. The minimum Gasteiger partial charge on any atom is -0.348 e. The summed E-state index contributed by atoms with van der Waals surface area (Å²) >= 11 is 0. The van der Waals surface area contributed by atoms with E-state index in [1.165, 1.54) is 11.1 Å². The topological polar surface area (TPSA) is 44.4 Å². The van der Waals surface area contributed by atoms with Gasteiger partial charge >= 0.3 is 0 Å². The molecule has 1 heterocycles. The molecular weight excluding hydrogens is 357 g/mol. The maximum atomic E-state index is 12.2. The minimum atomic E-state index is 0. The van der Waals surface area contributed by atoms with Gasteiger partial charge in [-0.2, -0.15) is 0 Å². The molecule has 6 heteroatoms. The predicted octanol–water partition coefficient (Wildman–Crippen LogP) is 3.41. The minimum absolute atomic E-state index is 0. The first-order chi connectivity index (χ1) is 11.1. The Morgan fingerprint density at radius 3 is 2.44 bits per heavy atom. The van der Waals surface area contributed by atoms with Crippen LogP contribution in [0, 0.1) is 0 Å². The molecule has 2 N–H and O–H groups in total. The molecule has 0 spiro atoms. The van der Waals surface area contributed by atoms with Crippen molar-refractivity contribution in [3.05, 3.63) is 47.0 Å². The largest absolute Gasteiger partial charge is 0.348 e. The molecule has 2 rings (SSSR count). The summed E-state index contributed by atoms with van der Waals surface area (Å²) in [7, 11) is 0. The summed E-state index contributed by atoms with van der Waals surface area (Å²) in [6.45, 7) is 11.1. The second kappa shape index (κ2) is 12.3. The SMILES string of the molecule is CCN(Cc1ccc(C(=O)NCC2=CCNCC2)cc1)C(C)C.Cl.Cl. The van der Waals surface area contributed by atoms with Crippen LogP contribution in [-0.2, 0) is 6.54 Å². The molecular formula is C19H31Cl2N3O. The van der Waals surface area contributed by atoms with Gasteiger partial charge in [0.15, 0.2) is 0 Å². The summed E-state index contributed by atoms with van der Waals surface area (Å²) in [5.74, 6) is 0.00666. The highest BCUT2D eigenvalue weighted by Gasteiger charge is 2.10. The van der Waals surface area contributed by atoms with Gasteiger partial charge in [-0.1, -0.05) is 30.7 Å². The van der Waals surface area contributed by atoms with E-state index in [-0.39, 0.29) is 30.7 Å². The van der Waals surface area contributed by atoms with Crippen molar-refractivity contribution in [1.29, 1.82) is 0 Å². The second-order valence-electron chi connectivity index (χ2n) is 6.35. The average Bonchev–Trinajstić information content (AvgIpc) is 2.58. The summed E-state index contributed by atoms with van der Waals surface area (Å²) in [4.78, 5) is 14.6. The molecule has 1 aromatic rings. The van der Waals surface area contributed by atoms with Gasteiger partial charge in [-0.3, -0.25) is 9.69 Å². The highest BCUT2D eigenvalue weighted by molar-refractivity contribution is 5.94. The average molecular weight is 388 g/mol. The summed E-state index contributed by atoms with van der Waals surface area (Å²) in [5.41, 5.74) is 3.29. The van der Waals surface area contributed by atoms with Crippen molar-refractivity contribution in [2.75, 3.05) is 26.2 Å². The molecule has 1 aromatic carbocycles. The van der Waals surface area contributed by atoms with Crippen LogP contribution in [0.25, 0.3) is 0 Å². The lowest BCUT2D eigenvalue weighted by Crippen LogP contribution is -2.30. The standard InChI is InChI=1S/C19H29N3O.2ClH/c1-4-22(15(2)3)14-17-5-7-18(8-6-17)19(23)21-13-16-9-11-20-12-10-16;;/h5-9,15,20H,4,10-14H2,1-3H3,(H,21,23);2*1H. The number of nitrogens with zero attached hydrogens (tertiary/aromatic N) is 1. The summed E-state index contributed by atoms with van der Waals surface area (Å²) in [6, 6.07) is 8.50. The Hall–Kier alpha value is -1.07. The molecule has 0 aromatic heterocycles. The molecule has 0 unspecified atom stereocenters. The van der Waals surface area contributed by atoms with Crippen molar-refractivity contribution >= 4 is 30.7 Å². The predicted molar refractivity (Wildman–Crippen MR) is 110 cm³/mol. The Balaban J connectivity index is 0.00000288. The lowest BCUT2D eigenvalue weighted by molar-refractivity contribution is 0.0956. The van der Waals surface area contributed by atoms with Crippen LogP contribution in [0.3, 0.4) is 0 Å². The number of carbonyl (C=O) groups is 1. The molecule has 1 aliphatic heterocycles. The van der Waals surface area contributed by atoms with Crippen molar-refractivity contribution in [3.8, 4) is 0 Å². The Labute approximate surface area is 164 Å². The van der Waals surface area contributed by atoms with Crippen LogP contribution in [0.5, 0.6) is 0 Å². The molecule has 0 saturated carbocycles. The van der Waals surface area contributed by atoms with Gasteiger partial charge in [0.25, 0.3) is 5.91 Å². The van der Waals surface area contributed by atoms with Gasteiger partial charge in [-0.25, -0.2) is 0 Å². The molecule has 0 fully saturated rings. The zero-order valence-corrected chi connectivity index (χ0v) is 17.0. The zero-order valence-electron chi connectivity index (χ0n) is 15.4. The Morgan fingerprint density at radius 1 is 1.24 bits per heavy atom. The van der Waals surface area contributed by atoms with E-state index in [0.29, 0.717) is 12.6 Å². The van der Waals surface area contributed by atoms with Gasteiger partial charge in [0.05, 0.1) is 0 Å². The fraction of sp³-hybridized carbons (Fsp3) is 0.526. The van der Waals surface area contributed by atoms with Crippen molar-refractivity contribution < 1.29 is 4.79 Å². The van der Waals surface area contributed by atoms with Crippen molar-refractivity contribution in [2.45, 2.75) is 39.8 Å². The molecule has 0 atom stereocenters. The van der Waals surface area contributed by atoms with E-state index in [9.17, 15) is 4.79 Å². The lowest BCUT2D eigenvalue weighted by atomic mass is 10.1. The van der Waals surface area contributed by atoms with Gasteiger partial charge in [-0.15, -0.1) is 24.8 Å². The van der Waals surface area contributed by atoms with E-state index in [1.54, 1.807) is 0 Å². The van der Waals surface area contributed by atoms with Gasteiger partial charge in [0.1, 0.15) is 0 Å². The molecule has 4 nitrogen and oxygen atoms in total. The quantitative estimate of drug-likeness (QED) is 0.704. The van der Waals surface area contributed by atoms with Crippen LogP contribution in [0.2, 0.25) is 0 Å². The molecule has 1 aliphatic rings. The normalized spacial score (nSPS) is 13.7. The number of amides is 1. The van der Waals surface area contributed by atoms with Crippen LogP contribution >= 0.6 is 24.8 Å². The number of rotatable bonds is 7. The molecule has 142 valence electrons. The van der Waals surface area contributed by atoms with Crippen molar-refractivity contribution in [1.82, 2.24) is 15.5 Å². The fourth-order valence-corrected chi connectivity index (χ4v) is 2.78. The molecule has 0 radical (unpaired) electrons. The van der Waals surface area contributed by atoms with Crippen LogP contribution in [-0.4, -0.2) is 43.0 Å². The highest BCUT2D eigenvalue weighted by Crippen LogP contribution is 2.10. The summed E-state index contributed by atoms with van der Waals surface area (Å²) < 4.78 is 0. The van der Waals surface area contributed by atoms with Crippen molar-refractivity contribution in [3.63, 3.8) is 0 Å².